The number of benzene rings is 3. The molecule has 3 aromatic carbocycles. The van der Waals surface area contributed by atoms with E-state index in [9.17, 15) is 4.79 Å². The first-order chi connectivity index (χ1) is 15.2. The molecule has 0 saturated carbocycles. The number of hydrogen-bond acceptors (Lipinski definition) is 3. The lowest BCUT2D eigenvalue weighted by atomic mass is 10.1. The lowest BCUT2D eigenvalue weighted by Crippen LogP contribution is -2.07. The van der Waals surface area contributed by atoms with Crippen LogP contribution in [0.25, 0.3) is 28.1 Å². The van der Waals surface area contributed by atoms with Crippen LogP contribution in [-0.2, 0) is 9.53 Å². The zero-order valence-electron chi connectivity index (χ0n) is 17.7. The molecule has 0 saturated heterocycles. The van der Waals surface area contributed by atoms with Crippen molar-refractivity contribution in [3.05, 3.63) is 96.7 Å². The maximum Gasteiger partial charge on any atom is 0.308 e. The smallest absolute Gasteiger partial charge is 0.308 e. The first kappa shape index (κ1) is 20.5. The number of hydrogen-bond donors (Lipinski definition) is 0. The zero-order valence-corrected chi connectivity index (χ0v) is 17.7. The van der Waals surface area contributed by atoms with Crippen molar-refractivity contribution in [3.63, 3.8) is 0 Å². The molecule has 0 amide bonds. The summed E-state index contributed by atoms with van der Waals surface area (Å²) in [7, 11) is 1.38. The molecule has 0 N–H and O–H groups in total. The van der Waals surface area contributed by atoms with Crippen molar-refractivity contribution in [2.45, 2.75) is 13.3 Å². The van der Waals surface area contributed by atoms with Gasteiger partial charge in [-0.1, -0.05) is 60.7 Å². The highest BCUT2D eigenvalue weighted by Crippen LogP contribution is 2.35. The summed E-state index contributed by atoms with van der Waals surface area (Å²) in [5.74, 6) is 0.447. The third kappa shape index (κ3) is 4.53. The van der Waals surface area contributed by atoms with E-state index in [2.05, 4.69) is 70.8 Å². The van der Waals surface area contributed by atoms with E-state index in [0.717, 1.165) is 22.7 Å². The molecule has 0 spiro atoms. The van der Waals surface area contributed by atoms with Crippen LogP contribution in [0.2, 0.25) is 0 Å². The SMILES string of the molecule is COC(=O)CCOc1ccc(-n2c(-c3ccccc3)cc(-c3ccccc3)c2C)cc1. The third-order valence-electron chi connectivity index (χ3n) is 5.30. The first-order valence-corrected chi connectivity index (χ1v) is 10.3. The number of nitrogens with zero attached hydrogens (tertiary/aromatic N) is 1. The van der Waals surface area contributed by atoms with E-state index in [1.54, 1.807) is 0 Å². The summed E-state index contributed by atoms with van der Waals surface area (Å²) in [4.78, 5) is 11.3. The molecule has 0 unspecified atom stereocenters. The maximum absolute atomic E-state index is 11.3. The Labute approximate surface area is 182 Å². The molecular weight excluding hydrogens is 386 g/mol. The number of aromatic nitrogens is 1. The van der Waals surface area contributed by atoms with Crippen LogP contribution < -0.4 is 4.74 Å². The molecule has 156 valence electrons. The average Bonchev–Trinajstić information content (AvgIpc) is 3.17. The predicted molar refractivity (Wildman–Crippen MR) is 124 cm³/mol. The molecule has 0 aliphatic rings. The molecule has 0 fully saturated rings. The van der Waals surface area contributed by atoms with Crippen molar-refractivity contribution < 1.29 is 14.3 Å². The van der Waals surface area contributed by atoms with Crippen molar-refractivity contribution in [1.29, 1.82) is 0 Å². The summed E-state index contributed by atoms with van der Waals surface area (Å²) in [5.41, 5.74) is 6.92. The Balaban J connectivity index is 1.70. The molecular formula is C27H25NO3. The lowest BCUT2D eigenvalue weighted by molar-refractivity contribution is -0.141. The van der Waals surface area contributed by atoms with Gasteiger partial charge in [0, 0.05) is 16.9 Å². The van der Waals surface area contributed by atoms with Crippen molar-refractivity contribution in [1.82, 2.24) is 4.57 Å². The van der Waals surface area contributed by atoms with Gasteiger partial charge >= 0.3 is 5.97 Å². The van der Waals surface area contributed by atoms with Gasteiger partial charge in [0.25, 0.3) is 0 Å². The maximum atomic E-state index is 11.3. The van der Waals surface area contributed by atoms with Crippen LogP contribution in [0.15, 0.2) is 91.0 Å². The molecule has 0 radical (unpaired) electrons. The highest BCUT2D eigenvalue weighted by molar-refractivity contribution is 5.77. The quantitative estimate of drug-likeness (QED) is 0.347. The number of ether oxygens (including phenoxy) is 2. The van der Waals surface area contributed by atoms with Gasteiger partial charge in [0.15, 0.2) is 0 Å². The molecule has 0 bridgehead atoms. The second-order valence-corrected chi connectivity index (χ2v) is 7.26. The van der Waals surface area contributed by atoms with Gasteiger partial charge in [0.1, 0.15) is 5.75 Å². The Kier molecular flexibility index (Phi) is 6.18. The third-order valence-corrected chi connectivity index (χ3v) is 5.30. The molecule has 0 aliphatic carbocycles. The Hall–Kier alpha value is -3.79. The minimum absolute atomic E-state index is 0.230. The van der Waals surface area contributed by atoms with E-state index in [1.165, 1.54) is 23.9 Å². The van der Waals surface area contributed by atoms with Crippen molar-refractivity contribution in [2.75, 3.05) is 13.7 Å². The van der Waals surface area contributed by atoms with Crippen LogP contribution in [0.1, 0.15) is 12.1 Å². The Morgan fingerprint density at radius 1 is 0.839 bits per heavy atom. The van der Waals surface area contributed by atoms with Crippen molar-refractivity contribution in [2.24, 2.45) is 0 Å². The fraction of sp³-hybridized carbons (Fsp3) is 0.148. The largest absolute Gasteiger partial charge is 0.493 e. The average molecular weight is 412 g/mol. The summed E-state index contributed by atoms with van der Waals surface area (Å²) in [6.07, 6.45) is 0.230. The van der Waals surface area contributed by atoms with E-state index in [-0.39, 0.29) is 12.4 Å². The molecule has 4 aromatic rings. The summed E-state index contributed by atoms with van der Waals surface area (Å²) >= 11 is 0. The molecule has 0 atom stereocenters. The molecule has 1 heterocycles. The van der Waals surface area contributed by atoms with Gasteiger partial charge in [-0.2, -0.15) is 0 Å². The van der Waals surface area contributed by atoms with E-state index in [4.69, 9.17) is 4.74 Å². The summed E-state index contributed by atoms with van der Waals surface area (Å²) in [6.45, 7) is 2.44. The van der Waals surface area contributed by atoms with Crippen LogP contribution in [0, 0.1) is 6.92 Å². The number of methoxy groups -OCH3 is 1. The molecule has 1 aromatic heterocycles. The Bertz CT molecular complexity index is 1150. The van der Waals surface area contributed by atoms with Crippen LogP contribution >= 0.6 is 0 Å². The number of esters is 1. The highest BCUT2D eigenvalue weighted by atomic mass is 16.5. The van der Waals surface area contributed by atoms with Crippen molar-refractivity contribution in [3.8, 4) is 33.8 Å². The molecule has 0 aliphatic heterocycles. The first-order valence-electron chi connectivity index (χ1n) is 10.3. The van der Waals surface area contributed by atoms with Gasteiger partial charge in [-0.15, -0.1) is 0 Å². The molecule has 4 heteroatoms. The monoisotopic (exact) mass is 411 g/mol. The van der Waals surface area contributed by atoms with Gasteiger partial charge in [-0.3, -0.25) is 4.79 Å². The van der Waals surface area contributed by atoms with Gasteiger partial charge < -0.3 is 14.0 Å². The number of rotatable bonds is 7. The second-order valence-electron chi connectivity index (χ2n) is 7.26. The van der Waals surface area contributed by atoms with Gasteiger partial charge in [-0.05, 0) is 48.4 Å². The molecule has 4 nitrogen and oxygen atoms in total. The standard InChI is InChI=1S/C27H25NO3/c1-20-25(21-9-5-3-6-10-21)19-26(22-11-7-4-8-12-22)28(20)23-13-15-24(16-14-23)31-18-17-27(29)30-2/h3-16,19H,17-18H2,1-2H3. The van der Waals surface area contributed by atoms with Crippen LogP contribution in [0.5, 0.6) is 5.75 Å². The summed E-state index contributed by atoms with van der Waals surface area (Å²) < 4.78 is 12.6. The lowest BCUT2D eigenvalue weighted by Gasteiger charge is -2.14. The fourth-order valence-corrected chi connectivity index (χ4v) is 3.72. The van der Waals surface area contributed by atoms with Gasteiger partial charge in [0.2, 0.25) is 0 Å². The van der Waals surface area contributed by atoms with Crippen LogP contribution in [0.4, 0.5) is 0 Å². The normalized spacial score (nSPS) is 10.6. The highest BCUT2D eigenvalue weighted by Gasteiger charge is 2.16. The van der Waals surface area contributed by atoms with E-state index in [0.29, 0.717) is 6.61 Å². The molecule has 4 rings (SSSR count). The van der Waals surface area contributed by atoms with Gasteiger partial charge in [0.05, 0.1) is 25.8 Å². The number of carbonyl (C=O) groups is 1. The van der Waals surface area contributed by atoms with Crippen LogP contribution in [0.3, 0.4) is 0 Å². The van der Waals surface area contributed by atoms with E-state index >= 15 is 0 Å². The van der Waals surface area contributed by atoms with E-state index < -0.39 is 0 Å². The molecule has 31 heavy (non-hydrogen) atoms. The summed E-state index contributed by atoms with van der Waals surface area (Å²) in [5, 5.41) is 0. The fourth-order valence-electron chi connectivity index (χ4n) is 3.72. The minimum Gasteiger partial charge on any atom is -0.493 e. The Morgan fingerprint density at radius 2 is 1.45 bits per heavy atom. The zero-order chi connectivity index (χ0) is 21.6. The van der Waals surface area contributed by atoms with Gasteiger partial charge in [-0.25, -0.2) is 0 Å². The van der Waals surface area contributed by atoms with E-state index in [1.807, 2.05) is 36.4 Å². The predicted octanol–water partition coefficient (Wildman–Crippen LogP) is 6.06. The summed E-state index contributed by atoms with van der Waals surface area (Å²) in [6, 6.07) is 31.0. The minimum atomic E-state index is -0.277. The van der Waals surface area contributed by atoms with Crippen LogP contribution in [-0.4, -0.2) is 24.3 Å². The topological polar surface area (TPSA) is 40.5 Å². The van der Waals surface area contributed by atoms with Crippen molar-refractivity contribution >= 4 is 5.97 Å². The Morgan fingerprint density at radius 3 is 2.06 bits per heavy atom. The second kappa shape index (κ2) is 9.35. The number of carbonyl (C=O) groups excluding carboxylic acids is 1.